The lowest BCUT2D eigenvalue weighted by Gasteiger charge is -2.29. The third-order valence-electron chi connectivity index (χ3n) is 6.66. The Morgan fingerprint density at radius 1 is 1.14 bits per heavy atom. The first kappa shape index (κ1) is 24.6. The molecule has 4 heterocycles. The Balaban J connectivity index is 1.27. The Hall–Kier alpha value is -4.07. The zero-order valence-electron chi connectivity index (χ0n) is 20.8. The number of anilines is 3. The van der Waals surface area contributed by atoms with Gasteiger partial charge in [-0.25, -0.2) is 15.0 Å². The van der Waals surface area contributed by atoms with Gasteiger partial charge in [-0.1, -0.05) is 6.07 Å². The first-order chi connectivity index (χ1) is 18.1. The Kier molecular flexibility index (Phi) is 7.54. The normalized spacial score (nSPS) is 18.2. The summed E-state index contributed by atoms with van der Waals surface area (Å²) in [6, 6.07) is 13.4. The summed E-state index contributed by atoms with van der Waals surface area (Å²) in [6.07, 6.45) is 6.13. The number of amides is 1. The molecule has 0 bridgehead atoms. The van der Waals surface area contributed by atoms with E-state index < -0.39 is 0 Å². The SMILES string of the molecule is CN1CCC(NC(=O)c2cccc(Nc3nccc(-c4cnc(NC5CCOC5)c(C#N)c4)n3)c2)CC1. The number of carbonyl (C=O) groups is 1. The molecule has 2 aliphatic rings. The van der Waals surface area contributed by atoms with Crippen LogP contribution in [-0.2, 0) is 4.74 Å². The fourth-order valence-electron chi connectivity index (χ4n) is 4.52. The van der Waals surface area contributed by atoms with E-state index in [1.54, 1.807) is 36.7 Å². The molecule has 5 rings (SSSR count). The van der Waals surface area contributed by atoms with Crippen LogP contribution in [0.2, 0.25) is 0 Å². The Morgan fingerprint density at radius 2 is 2.00 bits per heavy atom. The molecule has 37 heavy (non-hydrogen) atoms. The summed E-state index contributed by atoms with van der Waals surface area (Å²) in [6.45, 7) is 3.29. The van der Waals surface area contributed by atoms with E-state index >= 15 is 0 Å². The third-order valence-corrected chi connectivity index (χ3v) is 6.66. The topological polar surface area (TPSA) is 128 Å². The van der Waals surface area contributed by atoms with Gasteiger partial charge in [0.05, 0.1) is 23.9 Å². The summed E-state index contributed by atoms with van der Waals surface area (Å²) in [4.78, 5) is 28.5. The number of piperidine rings is 1. The van der Waals surface area contributed by atoms with Gasteiger partial charge in [0.15, 0.2) is 0 Å². The van der Waals surface area contributed by atoms with Crippen molar-refractivity contribution in [1.82, 2.24) is 25.2 Å². The summed E-state index contributed by atoms with van der Waals surface area (Å²) in [7, 11) is 2.10. The summed E-state index contributed by atoms with van der Waals surface area (Å²) < 4.78 is 5.40. The van der Waals surface area contributed by atoms with Crippen LogP contribution in [0.25, 0.3) is 11.3 Å². The van der Waals surface area contributed by atoms with Crippen molar-refractivity contribution in [2.24, 2.45) is 0 Å². The second kappa shape index (κ2) is 11.3. The number of nitrogens with one attached hydrogen (secondary N) is 3. The number of carbonyl (C=O) groups excluding carboxylic acids is 1. The van der Waals surface area contributed by atoms with Crippen molar-refractivity contribution in [3.8, 4) is 17.3 Å². The standard InChI is InChI=1S/C27H30N8O2/c1-35-10-6-21(7-11-35)32-26(36)18-3-2-4-22(14-18)33-27-29-9-5-24(34-27)20-13-19(15-28)25(30-16-20)31-23-8-12-37-17-23/h2-5,9,13-14,16,21,23H,6-8,10-12,17H2,1H3,(H,30,31)(H,32,36)(H,29,33,34). The smallest absolute Gasteiger partial charge is 0.251 e. The van der Waals surface area contributed by atoms with Gasteiger partial charge in [0.2, 0.25) is 5.95 Å². The van der Waals surface area contributed by atoms with E-state index in [4.69, 9.17) is 4.74 Å². The van der Waals surface area contributed by atoms with E-state index in [-0.39, 0.29) is 18.0 Å². The van der Waals surface area contributed by atoms with Gasteiger partial charge < -0.3 is 25.6 Å². The number of nitrogens with zero attached hydrogens (tertiary/aromatic N) is 5. The number of hydrogen-bond donors (Lipinski definition) is 3. The van der Waals surface area contributed by atoms with Gasteiger partial charge in [-0.3, -0.25) is 4.79 Å². The number of pyridine rings is 1. The summed E-state index contributed by atoms with van der Waals surface area (Å²) >= 11 is 0. The molecule has 1 aromatic carbocycles. The maximum absolute atomic E-state index is 12.8. The zero-order valence-corrected chi connectivity index (χ0v) is 20.8. The van der Waals surface area contributed by atoms with Crippen LogP contribution in [-0.4, -0.2) is 71.2 Å². The number of rotatable bonds is 7. The molecule has 1 atom stereocenters. The van der Waals surface area contributed by atoms with Crippen molar-refractivity contribution in [3.05, 3.63) is 59.9 Å². The molecule has 0 spiro atoms. The van der Waals surface area contributed by atoms with E-state index in [2.05, 4.69) is 48.9 Å². The van der Waals surface area contributed by atoms with Crippen molar-refractivity contribution in [2.75, 3.05) is 44.0 Å². The van der Waals surface area contributed by atoms with Crippen molar-refractivity contribution in [1.29, 1.82) is 5.26 Å². The number of nitriles is 1. The van der Waals surface area contributed by atoms with Crippen molar-refractivity contribution in [3.63, 3.8) is 0 Å². The molecule has 2 fully saturated rings. The zero-order chi connectivity index (χ0) is 25.6. The molecular weight excluding hydrogens is 468 g/mol. The second-order valence-electron chi connectivity index (χ2n) is 9.46. The van der Waals surface area contributed by atoms with Crippen LogP contribution in [0.1, 0.15) is 35.2 Å². The van der Waals surface area contributed by atoms with Gasteiger partial charge in [0.25, 0.3) is 5.91 Å². The highest BCUT2D eigenvalue weighted by molar-refractivity contribution is 5.95. The summed E-state index contributed by atoms with van der Waals surface area (Å²) in [5, 5.41) is 19.3. The average Bonchev–Trinajstić information content (AvgIpc) is 3.44. The van der Waals surface area contributed by atoms with E-state index in [0.29, 0.717) is 53.1 Å². The predicted molar refractivity (Wildman–Crippen MR) is 141 cm³/mol. The predicted octanol–water partition coefficient (Wildman–Crippen LogP) is 3.18. The number of benzene rings is 1. The highest BCUT2D eigenvalue weighted by atomic mass is 16.5. The van der Waals surface area contributed by atoms with Crippen LogP contribution in [0.15, 0.2) is 48.8 Å². The maximum Gasteiger partial charge on any atom is 0.251 e. The minimum absolute atomic E-state index is 0.0826. The van der Waals surface area contributed by atoms with E-state index in [1.807, 2.05) is 12.1 Å². The molecule has 10 heteroatoms. The van der Waals surface area contributed by atoms with Crippen molar-refractivity contribution < 1.29 is 9.53 Å². The van der Waals surface area contributed by atoms with Gasteiger partial charge >= 0.3 is 0 Å². The first-order valence-electron chi connectivity index (χ1n) is 12.5. The summed E-state index contributed by atoms with van der Waals surface area (Å²) in [5.41, 5.74) is 3.08. The van der Waals surface area contributed by atoms with Crippen LogP contribution in [0.4, 0.5) is 17.5 Å². The minimum Gasteiger partial charge on any atom is -0.379 e. The van der Waals surface area contributed by atoms with E-state index in [1.165, 1.54) is 0 Å². The largest absolute Gasteiger partial charge is 0.379 e. The Morgan fingerprint density at radius 3 is 2.78 bits per heavy atom. The molecule has 0 saturated carbocycles. The second-order valence-corrected chi connectivity index (χ2v) is 9.46. The maximum atomic E-state index is 12.8. The van der Waals surface area contributed by atoms with Crippen LogP contribution in [0.3, 0.4) is 0 Å². The van der Waals surface area contributed by atoms with Crippen LogP contribution in [0, 0.1) is 11.3 Å². The molecular formula is C27H30N8O2. The van der Waals surface area contributed by atoms with Crippen molar-refractivity contribution in [2.45, 2.75) is 31.3 Å². The summed E-state index contributed by atoms with van der Waals surface area (Å²) in [5.74, 6) is 0.847. The molecule has 0 radical (unpaired) electrons. The Bertz CT molecular complexity index is 1290. The van der Waals surface area contributed by atoms with E-state index in [9.17, 15) is 10.1 Å². The van der Waals surface area contributed by atoms with Crippen molar-refractivity contribution >= 4 is 23.4 Å². The van der Waals surface area contributed by atoms with Gasteiger partial charge in [0.1, 0.15) is 11.9 Å². The lowest BCUT2D eigenvalue weighted by Crippen LogP contribution is -2.43. The number of ether oxygens (including phenoxy) is 1. The number of hydrogen-bond acceptors (Lipinski definition) is 9. The molecule has 1 amide bonds. The third kappa shape index (κ3) is 6.20. The van der Waals surface area contributed by atoms with Gasteiger partial charge in [-0.2, -0.15) is 5.26 Å². The number of aromatic nitrogens is 3. The van der Waals surface area contributed by atoms with Crippen LogP contribution < -0.4 is 16.0 Å². The van der Waals surface area contributed by atoms with Crippen LogP contribution >= 0.6 is 0 Å². The monoisotopic (exact) mass is 498 g/mol. The highest BCUT2D eigenvalue weighted by Crippen LogP contribution is 2.24. The molecule has 2 aliphatic heterocycles. The van der Waals surface area contributed by atoms with E-state index in [0.717, 1.165) is 32.4 Å². The van der Waals surface area contributed by atoms with Crippen LogP contribution in [0.5, 0.6) is 0 Å². The lowest BCUT2D eigenvalue weighted by atomic mass is 10.0. The quantitative estimate of drug-likeness (QED) is 0.450. The molecule has 2 aromatic heterocycles. The highest BCUT2D eigenvalue weighted by Gasteiger charge is 2.20. The van der Waals surface area contributed by atoms with Gasteiger partial charge in [-0.05, 0) is 69.7 Å². The van der Waals surface area contributed by atoms with Gasteiger partial charge in [0, 0.05) is 41.9 Å². The first-order valence-corrected chi connectivity index (χ1v) is 12.5. The molecule has 190 valence electrons. The molecule has 3 N–H and O–H groups in total. The van der Waals surface area contributed by atoms with Gasteiger partial charge in [-0.15, -0.1) is 0 Å². The fraction of sp³-hybridized carbons (Fsp3) is 0.370. The lowest BCUT2D eigenvalue weighted by molar-refractivity contribution is 0.0917. The molecule has 0 aliphatic carbocycles. The minimum atomic E-state index is -0.0826. The molecule has 10 nitrogen and oxygen atoms in total. The Labute approximate surface area is 216 Å². The molecule has 2 saturated heterocycles. The molecule has 1 unspecified atom stereocenters. The average molecular weight is 499 g/mol. The number of likely N-dealkylation sites (tertiary alicyclic amines) is 1. The molecule has 3 aromatic rings. The fourth-order valence-corrected chi connectivity index (χ4v) is 4.52.